The van der Waals surface area contributed by atoms with Crippen molar-refractivity contribution in [3.05, 3.63) is 29.3 Å². The SMILES string of the molecule is COCCNCc1ccc(N2CCC(C)CC2)c(C)c1. The van der Waals surface area contributed by atoms with Gasteiger partial charge in [-0.2, -0.15) is 0 Å². The Kier molecular flexibility index (Phi) is 5.86. The summed E-state index contributed by atoms with van der Waals surface area (Å²) >= 11 is 0. The number of methoxy groups -OCH3 is 1. The lowest BCUT2D eigenvalue weighted by molar-refractivity contribution is 0.199. The fourth-order valence-corrected chi connectivity index (χ4v) is 2.84. The fourth-order valence-electron chi connectivity index (χ4n) is 2.84. The van der Waals surface area contributed by atoms with Crippen LogP contribution < -0.4 is 10.2 Å². The van der Waals surface area contributed by atoms with E-state index in [2.05, 4.69) is 42.3 Å². The average molecular weight is 276 g/mol. The lowest BCUT2D eigenvalue weighted by atomic mass is 9.98. The first-order chi connectivity index (χ1) is 9.70. The number of hydrogen-bond acceptors (Lipinski definition) is 3. The first-order valence-corrected chi connectivity index (χ1v) is 7.75. The number of benzene rings is 1. The van der Waals surface area contributed by atoms with Crippen molar-refractivity contribution in [2.45, 2.75) is 33.2 Å². The molecule has 2 rings (SSSR count). The molecule has 0 atom stereocenters. The van der Waals surface area contributed by atoms with E-state index >= 15 is 0 Å². The Balaban J connectivity index is 1.92. The van der Waals surface area contributed by atoms with Crippen molar-refractivity contribution in [3.63, 3.8) is 0 Å². The second-order valence-electron chi connectivity index (χ2n) is 5.96. The number of ether oxygens (including phenoxy) is 1. The molecular weight excluding hydrogens is 248 g/mol. The first-order valence-electron chi connectivity index (χ1n) is 7.75. The highest BCUT2D eigenvalue weighted by molar-refractivity contribution is 5.54. The number of rotatable bonds is 6. The lowest BCUT2D eigenvalue weighted by Gasteiger charge is -2.33. The molecule has 3 heteroatoms. The summed E-state index contributed by atoms with van der Waals surface area (Å²) in [5.41, 5.74) is 4.16. The van der Waals surface area contributed by atoms with E-state index in [0.717, 1.165) is 25.6 Å². The smallest absolute Gasteiger partial charge is 0.0587 e. The highest BCUT2D eigenvalue weighted by atomic mass is 16.5. The number of anilines is 1. The van der Waals surface area contributed by atoms with Crippen LogP contribution >= 0.6 is 0 Å². The van der Waals surface area contributed by atoms with E-state index in [9.17, 15) is 0 Å². The molecule has 3 nitrogen and oxygen atoms in total. The Bertz CT molecular complexity index is 411. The van der Waals surface area contributed by atoms with Gasteiger partial charge in [0.05, 0.1) is 6.61 Å². The van der Waals surface area contributed by atoms with Gasteiger partial charge in [-0.1, -0.05) is 19.1 Å². The molecule has 0 aromatic heterocycles. The molecular formula is C17H28N2O. The van der Waals surface area contributed by atoms with Crippen LogP contribution in [0.4, 0.5) is 5.69 Å². The van der Waals surface area contributed by atoms with E-state index in [1.54, 1.807) is 7.11 Å². The minimum absolute atomic E-state index is 0.767. The topological polar surface area (TPSA) is 24.5 Å². The Hall–Kier alpha value is -1.06. The Morgan fingerprint density at radius 2 is 2.05 bits per heavy atom. The van der Waals surface area contributed by atoms with Crippen molar-refractivity contribution in [2.75, 3.05) is 38.3 Å². The van der Waals surface area contributed by atoms with Crippen molar-refractivity contribution in [1.82, 2.24) is 5.32 Å². The van der Waals surface area contributed by atoms with Crippen molar-refractivity contribution in [1.29, 1.82) is 0 Å². The largest absolute Gasteiger partial charge is 0.383 e. The number of nitrogens with zero attached hydrogens (tertiary/aromatic N) is 1. The minimum atomic E-state index is 0.767. The van der Waals surface area contributed by atoms with E-state index in [0.29, 0.717) is 0 Å². The summed E-state index contributed by atoms with van der Waals surface area (Å²) in [7, 11) is 1.74. The van der Waals surface area contributed by atoms with E-state index in [1.165, 1.54) is 42.7 Å². The van der Waals surface area contributed by atoms with Crippen LogP contribution in [0, 0.1) is 12.8 Å². The normalized spacial score (nSPS) is 16.6. The molecule has 20 heavy (non-hydrogen) atoms. The maximum Gasteiger partial charge on any atom is 0.0587 e. The van der Waals surface area contributed by atoms with E-state index in [1.807, 2.05) is 0 Å². The predicted molar refractivity (Wildman–Crippen MR) is 85.4 cm³/mol. The Morgan fingerprint density at radius 3 is 2.70 bits per heavy atom. The molecule has 0 saturated carbocycles. The minimum Gasteiger partial charge on any atom is -0.383 e. The zero-order valence-electron chi connectivity index (χ0n) is 13.1. The molecule has 1 N–H and O–H groups in total. The zero-order chi connectivity index (χ0) is 14.4. The summed E-state index contributed by atoms with van der Waals surface area (Å²) < 4.78 is 5.04. The van der Waals surface area contributed by atoms with Crippen molar-refractivity contribution in [3.8, 4) is 0 Å². The third-order valence-corrected chi connectivity index (χ3v) is 4.20. The van der Waals surface area contributed by atoms with Crippen LogP contribution in [0.25, 0.3) is 0 Å². The third-order valence-electron chi connectivity index (χ3n) is 4.20. The first kappa shape index (κ1) is 15.3. The number of hydrogen-bond donors (Lipinski definition) is 1. The molecule has 1 saturated heterocycles. The fraction of sp³-hybridized carbons (Fsp3) is 0.647. The number of aryl methyl sites for hydroxylation is 1. The van der Waals surface area contributed by atoms with Crippen molar-refractivity contribution < 1.29 is 4.74 Å². The summed E-state index contributed by atoms with van der Waals surface area (Å²) in [4.78, 5) is 2.54. The molecule has 1 aromatic carbocycles. The van der Waals surface area contributed by atoms with Crippen LogP contribution in [-0.4, -0.2) is 33.4 Å². The molecule has 0 bridgehead atoms. The molecule has 0 aliphatic carbocycles. The van der Waals surface area contributed by atoms with Gasteiger partial charge in [0.25, 0.3) is 0 Å². The molecule has 1 aliphatic rings. The van der Waals surface area contributed by atoms with Gasteiger partial charge >= 0.3 is 0 Å². The lowest BCUT2D eigenvalue weighted by Crippen LogP contribution is -2.33. The van der Waals surface area contributed by atoms with Gasteiger partial charge in [-0.05, 0) is 42.9 Å². The standard InChI is InChI=1S/C17H28N2O/c1-14-6-9-19(10-7-14)17-5-4-16(12-15(17)2)13-18-8-11-20-3/h4-5,12,14,18H,6-11,13H2,1-3H3. The van der Waals surface area contributed by atoms with Gasteiger partial charge in [0, 0.05) is 39.0 Å². The molecule has 1 aromatic rings. The molecule has 0 unspecified atom stereocenters. The zero-order valence-corrected chi connectivity index (χ0v) is 13.1. The monoisotopic (exact) mass is 276 g/mol. The average Bonchev–Trinajstić information content (AvgIpc) is 2.45. The molecule has 1 heterocycles. The second-order valence-corrected chi connectivity index (χ2v) is 5.96. The van der Waals surface area contributed by atoms with Crippen LogP contribution in [0.5, 0.6) is 0 Å². The van der Waals surface area contributed by atoms with E-state index in [-0.39, 0.29) is 0 Å². The highest BCUT2D eigenvalue weighted by Crippen LogP contribution is 2.26. The molecule has 112 valence electrons. The predicted octanol–water partition coefficient (Wildman–Crippen LogP) is 2.97. The van der Waals surface area contributed by atoms with Crippen molar-refractivity contribution in [2.24, 2.45) is 5.92 Å². The van der Waals surface area contributed by atoms with Crippen molar-refractivity contribution >= 4 is 5.69 Å². The van der Waals surface area contributed by atoms with Gasteiger partial charge < -0.3 is 15.0 Å². The Labute approximate surface area is 123 Å². The Morgan fingerprint density at radius 1 is 1.30 bits per heavy atom. The summed E-state index contributed by atoms with van der Waals surface area (Å²) in [6, 6.07) is 6.85. The van der Waals surface area contributed by atoms with Gasteiger partial charge in [-0.15, -0.1) is 0 Å². The summed E-state index contributed by atoms with van der Waals surface area (Å²) in [6.45, 7) is 9.58. The summed E-state index contributed by atoms with van der Waals surface area (Å²) in [5.74, 6) is 0.885. The molecule has 1 aliphatic heterocycles. The quantitative estimate of drug-likeness (QED) is 0.809. The van der Waals surface area contributed by atoms with Crippen LogP contribution in [0.3, 0.4) is 0 Å². The number of nitrogens with one attached hydrogen (secondary N) is 1. The highest BCUT2D eigenvalue weighted by Gasteiger charge is 2.17. The van der Waals surface area contributed by atoms with E-state index < -0.39 is 0 Å². The van der Waals surface area contributed by atoms with Crippen LogP contribution in [0.2, 0.25) is 0 Å². The molecule has 0 spiro atoms. The van der Waals surface area contributed by atoms with Gasteiger partial charge in [0.15, 0.2) is 0 Å². The second kappa shape index (κ2) is 7.65. The summed E-state index contributed by atoms with van der Waals surface area (Å²) in [5, 5.41) is 3.40. The third kappa shape index (κ3) is 4.22. The van der Waals surface area contributed by atoms with Gasteiger partial charge in [0.2, 0.25) is 0 Å². The van der Waals surface area contributed by atoms with Gasteiger partial charge in [0.1, 0.15) is 0 Å². The molecule has 1 fully saturated rings. The maximum absolute atomic E-state index is 5.04. The molecule has 0 amide bonds. The van der Waals surface area contributed by atoms with Gasteiger partial charge in [-0.3, -0.25) is 0 Å². The van der Waals surface area contributed by atoms with Crippen LogP contribution in [-0.2, 0) is 11.3 Å². The maximum atomic E-state index is 5.04. The molecule has 0 radical (unpaired) electrons. The summed E-state index contributed by atoms with van der Waals surface area (Å²) in [6.07, 6.45) is 2.64. The van der Waals surface area contributed by atoms with E-state index in [4.69, 9.17) is 4.74 Å². The van der Waals surface area contributed by atoms with Crippen LogP contribution in [0.1, 0.15) is 30.9 Å². The van der Waals surface area contributed by atoms with Gasteiger partial charge in [-0.25, -0.2) is 0 Å². The number of piperidine rings is 1. The van der Waals surface area contributed by atoms with Crippen LogP contribution in [0.15, 0.2) is 18.2 Å².